The Morgan fingerprint density at radius 1 is 1.03 bits per heavy atom. The molecule has 1 aliphatic rings. The largest absolute Gasteiger partial charge is 0.503 e. The number of nitrogens with zero attached hydrogens (tertiary/aromatic N) is 2. The average Bonchev–Trinajstić information content (AvgIpc) is 3.18. The molecule has 0 saturated heterocycles. The van der Waals surface area contributed by atoms with Gasteiger partial charge in [0.25, 0.3) is 5.91 Å². The molecule has 4 rings (SSSR count). The number of pyridine rings is 1. The zero-order valence-corrected chi connectivity index (χ0v) is 21.0. The SMILES string of the molecule is CCCCCCOc1ccc(C2C(C(=O)C=Cc3ccccc3)=C(O)C(=O)N2Cc2cccnc2)cc1. The Kier molecular flexibility index (Phi) is 8.87. The minimum absolute atomic E-state index is 0.0642. The summed E-state index contributed by atoms with van der Waals surface area (Å²) in [5, 5.41) is 10.8. The van der Waals surface area contributed by atoms with Crippen LogP contribution in [0.1, 0.15) is 55.3 Å². The molecule has 0 fully saturated rings. The normalized spacial score (nSPS) is 15.5. The zero-order valence-electron chi connectivity index (χ0n) is 21.0. The van der Waals surface area contributed by atoms with Crippen LogP contribution in [-0.4, -0.2) is 33.3 Å². The highest BCUT2D eigenvalue weighted by Crippen LogP contribution is 2.39. The summed E-state index contributed by atoms with van der Waals surface area (Å²) in [4.78, 5) is 32.2. The lowest BCUT2D eigenvalue weighted by Crippen LogP contribution is -2.30. The van der Waals surface area contributed by atoms with Crippen molar-refractivity contribution < 1.29 is 19.4 Å². The maximum Gasteiger partial charge on any atom is 0.290 e. The Morgan fingerprint density at radius 3 is 2.51 bits per heavy atom. The summed E-state index contributed by atoms with van der Waals surface area (Å²) in [5.41, 5.74) is 2.43. The number of rotatable bonds is 12. The third kappa shape index (κ3) is 6.53. The molecule has 1 N–H and O–H groups in total. The van der Waals surface area contributed by atoms with E-state index in [0.717, 1.165) is 35.3 Å². The maximum atomic E-state index is 13.3. The van der Waals surface area contributed by atoms with Gasteiger partial charge in [-0.05, 0) is 47.4 Å². The molecular weight excluding hydrogens is 464 g/mol. The predicted molar refractivity (Wildman–Crippen MR) is 144 cm³/mol. The van der Waals surface area contributed by atoms with Gasteiger partial charge in [0, 0.05) is 18.9 Å². The van der Waals surface area contributed by atoms with Crippen LogP contribution in [0.2, 0.25) is 0 Å². The van der Waals surface area contributed by atoms with E-state index in [9.17, 15) is 14.7 Å². The first-order chi connectivity index (χ1) is 18.1. The molecule has 2 heterocycles. The molecule has 0 bridgehead atoms. The first-order valence-corrected chi connectivity index (χ1v) is 12.7. The Balaban J connectivity index is 1.60. The molecule has 6 nitrogen and oxygen atoms in total. The second-order valence-corrected chi connectivity index (χ2v) is 9.05. The van der Waals surface area contributed by atoms with E-state index in [4.69, 9.17) is 4.74 Å². The third-order valence-electron chi connectivity index (χ3n) is 6.33. The molecule has 0 saturated carbocycles. The van der Waals surface area contributed by atoms with Gasteiger partial charge < -0.3 is 14.7 Å². The van der Waals surface area contributed by atoms with Crippen LogP contribution in [0.4, 0.5) is 0 Å². The number of allylic oxidation sites excluding steroid dienone is 1. The number of carbonyl (C=O) groups excluding carboxylic acids is 2. The van der Waals surface area contributed by atoms with Crippen molar-refractivity contribution in [2.24, 2.45) is 0 Å². The molecule has 0 radical (unpaired) electrons. The van der Waals surface area contributed by atoms with Gasteiger partial charge in [0.1, 0.15) is 5.75 Å². The summed E-state index contributed by atoms with van der Waals surface area (Å²) in [6.45, 7) is 3.02. The summed E-state index contributed by atoms with van der Waals surface area (Å²) >= 11 is 0. The smallest absolute Gasteiger partial charge is 0.290 e. The van der Waals surface area contributed by atoms with Gasteiger partial charge in [-0.25, -0.2) is 0 Å². The average molecular weight is 497 g/mol. The van der Waals surface area contributed by atoms with Gasteiger partial charge in [-0.2, -0.15) is 0 Å². The van der Waals surface area contributed by atoms with Gasteiger partial charge >= 0.3 is 0 Å². The second kappa shape index (κ2) is 12.7. The number of aliphatic hydroxyl groups is 1. The number of aliphatic hydroxyl groups excluding tert-OH is 1. The summed E-state index contributed by atoms with van der Waals surface area (Å²) in [7, 11) is 0. The van der Waals surface area contributed by atoms with Crippen LogP contribution in [0, 0.1) is 0 Å². The van der Waals surface area contributed by atoms with Gasteiger partial charge in [-0.3, -0.25) is 14.6 Å². The van der Waals surface area contributed by atoms with E-state index in [1.807, 2.05) is 60.7 Å². The lowest BCUT2D eigenvalue weighted by molar-refractivity contribution is -0.130. The van der Waals surface area contributed by atoms with Crippen molar-refractivity contribution in [3.05, 3.63) is 113 Å². The van der Waals surface area contributed by atoms with E-state index < -0.39 is 23.5 Å². The highest BCUT2D eigenvalue weighted by molar-refractivity contribution is 6.14. The third-order valence-corrected chi connectivity index (χ3v) is 6.33. The second-order valence-electron chi connectivity index (χ2n) is 9.05. The van der Waals surface area contributed by atoms with Crippen LogP contribution >= 0.6 is 0 Å². The molecule has 190 valence electrons. The fraction of sp³-hybridized carbons (Fsp3) is 0.258. The summed E-state index contributed by atoms with van der Waals surface area (Å²) in [6, 6.07) is 19.7. The molecule has 1 aromatic heterocycles. The van der Waals surface area contributed by atoms with E-state index >= 15 is 0 Å². The van der Waals surface area contributed by atoms with Crippen molar-refractivity contribution in [3.8, 4) is 5.75 Å². The van der Waals surface area contributed by atoms with Crippen LogP contribution in [0.25, 0.3) is 6.08 Å². The minimum Gasteiger partial charge on any atom is -0.503 e. The first kappa shape index (κ1) is 25.9. The van der Waals surface area contributed by atoms with Gasteiger partial charge in [0.15, 0.2) is 11.5 Å². The maximum absolute atomic E-state index is 13.3. The fourth-order valence-electron chi connectivity index (χ4n) is 4.39. The van der Waals surface area contributed by atoms with Gasteiger partial charge in [0.2, 0.25) is 0 Å². The number of ether oxygens (including phenoxy) is 1. The summed E-state index contributed by atoms with van der Waals surface area (Å²) in [6.07, 6.45) is 10.9. The lowest BCUT2D eigenvalue weighted by atomic mass is 9.95. The molecule has 2 aromatic carbocycles. The van der Waals surface area contributed by atoms with Crippen LogP contribution in [-0.2, 0) is 16.1 Å². The molecule has 6 heteroatoms. The van der Waals surface area contributed by atoms with Crippen molar-refractivity contribution in [3.63, 3.8) is 0 Å². The van der Waals surface area contributed by atoms with Gasteiger partial charge in [0.05, 0.1) is 18.2 Å². The van der Waals surface area contributed by atoms with Crippen LogP contribution in [0.15, 0.2) is 96.5 Å². The van der Waals surface area contributed by atoms with E-state index in [0.29, 0.717) is 6.61 Å². The fourth-order valence-corrected chi connectivity index (χ4v) is 4.39. The molecule has 37 heavy (non-hydrogen) atoms. The molecular formula is C31H32N2O4. The van der Waals surface area contributed by atoms with Crippen molar-refractivity contribution in [1.82, 2.24) is 9.88 Å². The number of aromatic nitrogens is 1. The highest BCUT2D eigenvalue weighted by atomic mass is 16.5. The highest BCUT2D eigenvalue weighted by Gasteiger charge is 2.42. The minimum atomic E-state index is -0.737. The lowest BCUT2D eigenvalue weighted by Gasteiger charge is -2.26. The Hall–Kier alpha value is -4.19. The van der Waals surface area contributed by atoms with Crippen LogP contribution < -0.4 is 4.74 Å². The molecule has 1 unspecified atom stereocenters. The Bertz CT molecular complexity index is 1250. The Morgan fingerprint density at radius 2 is 1.81 bits per heavy atom. The Labute approximate surface area is 217 Å². The van der Waals surface area contributed by atoms with Crippen LogP contribution in [0.3, 0.4) is 0 Å². The first-order valence-electron chi connectivity index (χ1n) is 12.7. The van der Waals surface area contributed by atoms with E-state index in [1.165, 1.54) is 23.8 Å². The van der Waals surface area contributed by atoms with E-state index in [2.05, 4.69) is 11.9 Å². The number of benzene rings is 2. The molecule has 1 aliphatic heterocycles. The van der Waals surface area contributed by atoms with Gasteiger partial charge in [-0.1, -0.05) is 80.8 Å². The van der Waals surface area contributed by atoms with E-state index in [-0.39, 0.29) is 12.1 Å². The number of hydrogen-bond donors (Lipinski definition) is 1. The molecule has 0 spiro atoms. The number of amides is 1. The van der Waals surface area contributed by atoms with Crippen molar-refractivity contribution in [1.29, 1.82) is 0 Å². The van der Waals surface area contributed by atoms with E-state index in [1.54, 1.807) is 24.5 Å². The number of hydrogen-bond acceptors (Lipinski definition) is 5. The molecule has 1 atom stereocenters. The summed E-state index contributed by atoms with van der Waals surface area (Å²) < 4.78 is 5.87. The van der Waals surface area contributed by atoms with Gasteiger partial charge in [-0.15, -0.1) is 0 Å². The number of carbonyl (C=O) groups is 2. The van der Waals surface area contributed by atoms with Crippen LogP contribution in [0.5, 0.6) is 5.75 Å². The van der Waals surface area contributed by atoms with Crippen molar-refractivity contribution in [2.75, 3.05) is 6.61 Å². The molecule has 0 aliphatic carbocycles. The summed E-state index contributed by atoms with van der Waals surface area (Å²) in [5.74, 6) is -0.785. The molecule has 3 aromatic rings. The monoisotopic (exact) mass is 496 g/mol. The molecule has 1 amide bonds. The number of ketones is 1. The predicted octanol–water partition coefficient (Wildman–Crippen LogP) is 6.22. The van der Waals surface area contributed by atoms with Crippen molar-refractivity contribution >= 4 is 17.8 Å². The zero-order chi connectivity index (χ0) is 26.0. The quantitative estimate of drug-likeness (QED) is 0.238. The standard InChI is InChI=1S/C31H32N2O4/c1-2-3-4-8-20-37-26-16-14-25(15-17-26)29-28(27(34)18-13-23-10-6-5-7-11-23)30(35)31(36)33(29)22-24-12-9-19-32-21-24/h5-7,9-19,21,29,35H,2-4,8,20,22H2,1H3. The topological polar surface area (TPSA) is 79.7 Å². The number of unbranched alkanes of at least 4 members (excludes halogenated alkanes) is 3. The van der Waals surface area contributed by atoms with Crippen molar-refractivity contribution in [2.45, 2.75) is 45.2 Å².